The monoisotopic (exact) mass is 227 g/mol. The predicted octanol–water partition coefficient (Wildman–Crippen LogP) is 2.10. The quantitative estimate of drug-likeness (QED) is 0.801. The third-order valence-corrected chi connectivity index (χ3v) is 3.69. The average molecular weight is 227 g/mol. The maximum atomic E-state index is 5.92. The SMILES string of the molecule is CC1CCC(OCC2CCC(C)(C)O2)CN1. The number of piperidine rings is 1. The Hall–Kier alpha value is -0.120. The molecule has 0 aromatic rings. The van der Waals surface area contributed by atoms with Gasteiger partial charge in [0, 0.05) is 12.6 Å². The van der Waals surface area contributed by atoms with Crippen molar-refractivity contribution in [3.8, 4) is 0 Å². The molecule has 0 bridgehead atoms. The van der Waals surface area contributed by atoms with Gasteiger partial charge >= 0.3 is 0 Å². The van der Waals surface area contributed by atoms with Crippen LogP contribution in [0.2, 0.25) is 0 Å². The van der Waals surface area contributed by atoms with Gasteiger partial charge in [0.05, 0.1) is 24.4 Å². The second-order valence-electron chi connectivity index (χ2n) is 5.88. The lowest BCUT2D eigenvalue weighted by atomic mass is 10.0. The smallest absolute Gasteiger partial charge is 0.0817 e. The Morgan fingerprint density at radius 3 is 2.69 bits per heavy atom. The molecule has 2 aliphatic rings. The molecule has 3 unspecified atom stereocenters. The van der Waals surface area contributed by atoms with Crippen molar-refractivity contribution in [1.29, 1.82) is 0 Å². The van der Waals surface area contributed by atoms with Crippen LogP contribution >= 0.6 is 0 Å². The van der Waals surface area contributed by atoms with E-state index in [4.69, 9.17) is 9.47 Å². The van der Waals surface area contributed by atoms with Crippen LogP contribution in [0.4, 0.5) is 0 Å². The minimum Gasteiger partial charge on any atom is -0.374 e. The summed E-state index contributed by atoms with van der Waals surface area (Å²) in [6, 6.07) is 0.654. The molecule has 2 heterocycles. The van der Waals surface area contributed by atoms with Crippen LogP contribution in [0.3, 0.4) is 0 Å². The van der Waals surface area contributed by atoms with Gasteiger partial charge in [0.25, 0.3) is 0 Å². The summed E-state index contributed by atoms with van der Waals surface area (Å²) in [5.74, 6) is 0. The zero-order valence-corrected chi connectivity index (χ0v) is 10.8. The molecule has 2 fully saturated rings. The summed E-state index contributed by atoms with van der Waals surface area (Å²) in [4.78, 5) is 0. The molecule has 0 saturated carbocycles. The molecule has 0 spiro atoms. The van der Waals surface area contributed by atoms with Gasteiger partial charge in [0.15, 0.2) is 0 Å². The van der Waals surface area contributed by atoms with Crippen LogP contribution in [-0.4, -0.2) is 37.0 Å². The number of hydrogen-bond acceptors (Lipinski definition) is 3. The van der Waals surface area contributed by atoms with Crippen molar-refractivity contribution >= 4 is 0 Å². The first-order valence-electron chi connectivity index (χ1n) is 6.58. The Kier molecular flexibility index (Phi) is 3.88. The Labute approximate surface area is 98.9 Å². The molecular weight excluding hydrogens is 202 g/mol. The maximum absolute atomic E-state index is 5.92. The fourth-order valence-corrected chi connectivity index (χ4v) is 2.55. The molecule has 0 aromatic heterocycles. The third-order valence-electron chi connectivity index (χ3n) is 3.69. The Balaban J connectivity index is 1.65. The number of ether oxygens (including phenoxy) is 2. The van der Waals surface area contributed by atoms with E-state index in [9.17, 15) is 0 Å². The van der Waals surface area contributed by atoms with Crippen LogP contribution in [0.5, 0.6) is 0 Å². The number of nitrogens with one attached hydrogen (secondary N) is 1. The van der Waals surface area contributed by atoms with E-state index in [2.05, 4.69) is 26.1 Å². The van der Waals surface area contributed by atoms with Crippen LogP contribution in [0.15, 0.2) is 0 Å². The number of hydrogen-bond donors (Lipinski definition) is 1. The summed E-state index contributed by atoms with van der Waals surface area (Å²) in [7, 11) is 0. The van der Waals surface area contributed by atoms with Gasteiger partial charge in [0.2, 0.25) is 0 Å². The highest BCUT2D eigenvalue weighted by Crippen LogP contribution is 2.29. The molecular formula is C13H25NO2. The molecule has 2 saturated heterocycles. The Bertz CT molecular complexity index is 222. The summed E-state index contributed by atoms with van der Waals surface area (Å²) >= 11 is 0. The van der Waals surface area contributed by atoms with Crippen molar-refractivity contribution in [3.63, 3.8) is 0 Å². The van der Waals surface area contributed by atoms with E-state index >= 15 is 0 Å². The highest BCUT2D eigenvalue weighted by molar-refractivity contribution is 4.81. The van der Waals surface area contributed by atoms with E-state index in [1.807, 2.05) is 0 Å². The molecule has 3 nitrogen and oxygen atoms in total. The first kappa shape index (κ1) is 12.3. The lowest BCUT2D eigenvalue weighted by Crippen LogP contribution is -2.41. The fourth-order valence-electron chi connectivity index (χ4n) is 2.55. The summed E-state index contributed by atoms with van der Waals surface area (Å²) in [6.07, 6.45) is 5.41. The topological polar surface area (TPSA) is 30.5 Å². The summed E-state index contributed by atoms with van der Waals surface area (Å²) in [5.41, 5.74) is 0.0629. The maximum Gasteiger partial charge on any atom is 0.0817 e. The normalized spacial score (nSPS) is 38.8. The standard InChI is InChI=1S/C13H25NO2/c1-10-4-5-11(8-14-10)15-9-12-6-7-13(2,3)16-12/h10-12,14H,4-9H2,1-3H3. The van der Waals surface area contributed by atoms with Gasteiger partial charge in [-0.25, -0.2) is 0 Å². The first-order valence-corrected chi connectivity index (χ1v) is 6.58. The molecule has 0 amide bonds. The molecule has 0 radical (unpaired) electrons. The van der Waals surface area contributed by atoms with Gasteiger partial charge in [-0.3, -0.25) is 0 Å². The van der Waals surface area contributed by atoms with E-state index in [1.165, 1.54) is 12.8 Å². The van der Waals surface area contributed by atoms with Crippen LogP contribution in [0.25, 0.3) is 0 Å². The summed E-state index contributed by atoms with van der Waals surface area (Å²) < 4.78 is 11.8. The first-order chi connectivity index (χ1) is 7.55. The summed E-state index contributed by atoms with van der Waals surface area (Å²) in [5, 5.41) is 3.46. The highest BCUT2D eigenvalue weighted by atomic mass is 16.6. The van der Waals surface area contributed by atoms with Crippen molar-refractivity contribution in [1.82, 2.24) is 5.32 Å². The van der Waals surface area contributed by atoms with Crippen LogP contribution < -0.4 is 5.32 Å². The van der Waals surface area contributed by atoms with Crippen LogP contribution in [-0.2, 0) is 9.47 Å². The zero-order chi connectivity index (χ0) is 11.6. The van der Waals surface area contributed by atoms with Crippen molar-refractivity contribution < 1.29 is 9.47 Å². The van der Waals surface area contributed by atoms with Crippen molar-refractivity contribution in [2.75, 3.05) is 13.2 Å². The Morgan fingerprint density at radius 2 is 2.12 bits per heavy atom. The zero-order valence-electron chi connectivity index (χ0n) is 10.8. The molecule has 16 heavy (non-hydrogen) atoms. The van der Waals surface area contributed by atoms with Gasteiger partial charge in [-0.05, 0) is 46.5 Å². The minimum absolute atomic E-state index is 0.0629. The molecule has 3 atom stereocenters. The lowest BCUT2D eigenvalue weighted by molar-refractivity contribution is -0.0743. The molecule has 94 valence electrons. The summed E-state index contributed by atoms with van der Waals surface area (Å²) in [6.45, 7) is 8.33. The fraction of sp³-hybridized carbons (Fsp3) is 1.00. The molecule has 0 aliphatic carbocycles. The van der Waals surface area contributed by atoms with Gasteiger partial charge in [-0.15, -0.1) is 0 Å². The van der Waals surface area contributed by atoms with Gasteiger partial charge in [0.1, 0.15) is 0 Å². The van der Waals surface area contributed by atoms with Crippen LogP contribution in [0.1, 0.15) is 46.5 Å². The molecule has 2 aliphatic heterocycles. The second-order valence-corrected chi connectivity index (χ2v) is 5.88. The van der Waals surface area contributed by atoms with Gasteiger partial charge in [-0.2, -0.15) is 0 Å². The second kappa shape index (κ2) is 5.03. The average Bonchev–Trinajstić information content (AvgIpc) is 2.58. The largest absolute Gasteiger partial charge is 0.374 e. The Morgan fingerprint density at radius 1 is 1.31 bits per heavy atom. The van der Waals surface area contributed by atoms with E-state index in [0.29, 0.717) is 18.2 Å². The molecule has 0 aromatic carbocycles. The van der Waals surface area contributed by atoms with Gasteiger partial charge < -0.3 is 14.8 Å². The minimum atomic E-state index is 0.0629. The van der Waals surface area contributed by atoms with Crippen molar-refractivity contribution in [2.24, 2.45) is 0 Å². The molecule has 3 heteroatoms. The molecule has 1 N–H and O–H groups in total. The van der Waals surface area contributed by atoms with E-state index in [1.54, 1.807) is 0 Å². The number of rotatable bonds is 3. The van der Waals surface area contributed by atoms with Crippen molar-refractivity contribution in [3.05, 3.63) is 0 Å². The third kappa shape index (κ3) is 3.44. The van der Waals surface area contributed by atoms with Crippen molar-refractivity contribution in [2.45, 2.75) is 70.3 Å². The highest BCUT2D eigenvalue weighted by Gasteiger charge is 2.32. The van der Waals surface area contributed by atoms with E-state index in [-0.39, 0.29) is 5.60 Å². The predicted molar refractivity (Wildman–Crippen MR) is 64.6 cm³/mol. The van der Waals surface area contributed by atoms with Crippen LogP contribution in [0, 0.1) is 0 Å². The van der Waals surface area contributed by atoms with E-state index in [0.717, 1.165) is 26.0 Å². The van der Waals surface area contributed by atoms with Gasteiger partial charge in [-0.1, -0.05) is 0 Å². The molecule has 2 rings (SSSR count). The van der Waals surface area contributed by atoms with E-state index < -0.39 is 0 Å². The lowest BCUT2D eigenvalue weighted by Gasteiger charge is -2.28.